The summed E-state index contributed by atoms with van der Waals surface area (Å²) in [5.41, 5.74) is 3.98. The maximum atomic E-state index is 12.9. The molecule has 0 saturated carbocycles. The van der Waals surface area contributed by atoms with Crippen molar-refractivity contribution in [1.29, 1.82) is 0 Å². The first-order valence-electron chi connectivity index (χ1n) is 8.66. The van der Waals surface area contributed by atoms with Gasteiger partial charge in [-0.3, -0.25) is 14.5 Å². The normalized spacial score (nSPS) is 14.2. The van der Waals surface area contributed by atoms with Gasteiger partial charge in [0.15, 0.2) is 0 Å². The SMILES string of the molecule is CCN1C(=O)C(Nc2cc(Cl)ccc2OC)=C(c2ccc(C)c(C)c2)C1=O. The van der Waals surface area contributed by atoms with E-state index in [1.165, 1.54) is 12.0 Å². The molecule has 2 amide bonds. The van der Waals surface area contributed by atoms with Crippen molar-refractivity contribution in [3.8, 4) is 5.75 Å². The Labute approximate surface area is 163 Å². The van der Waals surface area contributed by atoms with Gasteiger partial charge in [-0.05, 0) is 55.7 Å². The van der Waals surface area contributed by atoms with Crippen LogP contribution in [0.5, 0.6) is 5.75 Å². The van der Waals surface area contributed by atoms with E-state index >= 15 is 0 Å². The fourth-order valence-electron chi connectivity index (χ4n) is 3.06. The van der Waals surface area contributed by atoms with Crippen LogP contribution in [0, 0.1) is 13.8 Å². The van der Waals surface area contributed by atoms with Gasteiger partial charge in [0.05, 0.1) is 18.4 Å². The number of nitrogens with zero attached hydrogens (tertiary/aromatic N) is 1. The Bertz CT molecular complexity index is 966. The molecule has 0 radical (unpaired) electrons. The number of halogens is 1. The van der Waals surface area contributed by atoms with Crippen molar-refractivity contribution in [3.63, 3.8) is 0 Å². The molecule has 1 N–H and O–H groups in total. The predicted octanol–water partition coefficient (Wildman–Crippen LogP) is 4.18. The van der Waals surface area contributed by atoms with E-state index in [0.29, 0.717) is 34.1 Å². The molecule has 1 aliphatic heterocycles. The zero-order chi connectivity index (χ0) is 19.7. The molecule has 6 heteroatoms. The molecule has 0 spiro atoms. The maximum Gasteiger partial charge on any atom is 0.278 e. The van der Waals surface area contributed by atoms with E-state index in [0.717, 1.165) is 11.1 Å². The monoisotopic (exact) mass is 384 g/mol. The summed E-state index contributed by atoms with van der Waals surface area (Å²) in [5, 5.41) is 3.58. The lowest BCUT2D eigenvalue weighted by Crippen LogP contribution is -2.32. The van der Waals surface area contributed by atoms with Crippen molar-refractivity contribution in [2.45, 2.75) is 20.8 Å². The summed E-state index contributed by atoms with van der Waals surface area (Å²) in [4.78, 5) is 27.0. The minimum atomic E-state index is -0.363. The van der Waals surface area contributed by atoms with Gasteiger partial charge in [0.2, 0.25) is 0 Å². The predicted molar refractivity (Wildman–Crippen MR) is 107 cm³/mol. The smallest absolute Gasteiger partial charge is 0.278 e. The van der Waals surface area contributed by atoms with Crippen LogP contribution >= 0.6 is 11.6 Å². The molecule has 1 heterocycles. The van der Waals surface area contributed by atoms with E-state index < -0.39 is 0 Å². The zero-order valence-corrected chi connectivity index (χ0v) is 16.5. The summed E-state index contributed by atoms with van der Waals surface area (Å²) < 4.78 is 5.35. The highest BCUT2D eigenvalue weighted by Crippen LogP contribution is 2.35. The number of anilines is 1. The van der Waals surface area contributed by atoms with Gasteiger partial charge in [0.25, 0.3) is 11.8 Å². The molecule has 2 aromatic rings. The fraction of sp³-hybridized carbons (Fsp3) is 0.238. The van der Waals surface area contributed by atoms with Crippen molar-refractivity contribution >= 4 is 34.7 Å². The van der Waals surface area contributed by atoms with Crippen LogP contribution in [0.15, 0.2) is 42.1 Å². The molecule has 0 fully saturated rings. The van der Waals surface area contributed by atoms with Gasteiger partial charge in [-0.25, -0.2) is 0 Å². The minimum absolute atomic E-state index is 0.227. The average molecular weight is 385 g/mol. The van der Waals surface area contributed by atoms with Gasteiger partial charge in [-0.1, -0.05) is 29.8 Å². The summed E-state index contributed by atoms with van der Waals surface area (Å²) in [6.07, 6.45) is 0. The quantitative estimate of drug-likeness (QED) is 0.786. The number of aryl methyl sites for hydroxylation is 2. The highest BCUT2D eigenvalue weighted by atomic mass is 35.5. The van der Waals surface area contributed by atoms with Crippen LogP contribution < -0.4 is 10.1 Å². The Morgan fingerprint density at radius 2 is 1.78 bits per heavy atom. The van der Waals surface area contributed by atoms with Gasteiger partial charge in [-0.2, -0.15) is 0 Å². The van der Waals surface area contributed by atoms with Crippen LogP contribution in [0.2, 0.25) is 5.02 Å². The maximum absolute atomic E-state index is 12.9. The molecule has 140 valence electrons. The van der Waals surface area contributed by atoms with Crippen LogP contribution in [0.4, 0.5) is 5.69 Å². The molecule has 0 aliphatic carbocycles. The van der Waals surface area contributed by atoms with Gasteiger partial charge in [0, 0.05) is 11.6 Å². The number of methoxy groups -OCH3 is 1. The standard InChI is InChI=1S/C21H21ClN2O3/c1-5-24-20(25)18(14-7-6-12(2)13(3)10-14)19(21(24)26)23-16-11-15(22)8-9-17(16)27-4/h6-11,23H,5H2,1-4H3. The largest absolute Gasteiger partial charge is 0.495 e. The molecule has 3 rings (SSSR count). The molecule has 2 aromatic carbocycles. The summed E-state index contributed by atoms with van der Waals surface area (Å²) in [6, 6.07) is 10.8. The lowest BCUT2D eigenvalue weighted by molar-refractivity contribution is -0.136. The Morgan fingerprint density at radius 1 is 1.04 bits per heavy atom. The number of imide groups is 1. The summed E-state index contributed by atoms with van der Waals surface area (Å²) >= 11 is 6.10. The molecule has 1 aliphatic rings. The zero-order valence-electron chi connectivity index (χ0n) is 15.7. The van der Waals surface area contributed by atoms with Crippen molar-refractivity contribution in [1.82, 2.24) is 4.90 Å². The third kappa shape index (κ3) is 3.43. The van der Waals surface area contributed by atoms with Crippen LogP contribution in [0.1, 0.15) is 23.6 Å². The van der Waals surface area contributed by atoms with Gasteiger partial charge < -0.3 is 10.1 Å². The number of amides is 2. The fourth-order valence-corrected chi connectivity index (χ4v) is 3.23. The van der Waals surface area contributed by atoms with Crippen LogP contribution in [-0.4, -0.2) is 30.4 Å². The number of benzene rings is 2. The number of ether oxygens (including phenoxy) is 1. The van der Waals surface area contributed by atoms with Gasteiger partial charge >= 0.3 is 0 Å². The summed E-state index contributed by atoms with van der Waals surface area (Å²) in [6.45, 7) is 6.05. The van der Waals surface area contributed by atoms with E-state index in [-0.39, 0.29) is 17.5 Å². The molecule has 0 aromatic heterocycles. The molecule has 27 heavy (non-hydrogen) atoms. The number of hydrogen-bond acceptors (Lipinski definition) is 4. The molecule has 0 bridgehead atoms. The third-order valence-electron chi connectivity index (χ3n) is 4.70. The Balaban J connectivity index is 2.16. The molecule has 0 atom stereocenters. The number of likely N-dealkylation sites (N-methyl/N-ethyl adjacent to an activating group) is 1. The number of rotatable bonds is 5. The van der Waals surface area contributed by atoms with Gasteiger partial charge in [-0.15, -0.1) is 0 Å². The van der Waals surface area contributed by atoms with Crippen molar-refractivity contribution in [2.24, 2.45) is 0 Å². The lowest BCUT2D eigenvalue weighted by Gasteiger charge is -2.14. The van der Waals surface area contributed by atoms with Crippen LogP contribution in [0.25, 0.3) is 5.57 Å². The first kappa shape index (κ1) is 19.0. The van der Waals surface area contributed by atoms with Gasteiger partial charge in [0.1, 0.15) is 11.4 Å². The van der Waals surface area contributed by atoms with E-state index in [9.17, 15) is 9.59 Å². The molecule has 0 saturated heterocycles. The highest BCUT2D eigenvalue weighted by molar-refractivity contribution is 6.36. The third-order valence-corrected chi connectivity index (χ3v) is 4.94. The van der Waals surface area contributed by atoms with E-state index in [4.69, 9.17) is 16.3 Å². The second kappa shape index (κ2) is 7.45. The first-order chi connectivity index (χ1) is 12.9. The molecule has 0 unspecified atom stereocenters. The van der Waals surface area contributed by atoms with Crippen LogP contribution in [-0.2, 0) is 9.59 Å². The first-order valence-corrected chi connectivity index (χ1v) is 9.03. The topological polar surface area (TPSA) is 58.6 Å². The number of nitrogens with one attached hydrogen (secondary N) is 1. The van der Waals surface area contributed by atoms with Crippen LogP contribution in [0.3, 0.4) is 0 Å². The summed E-state index contributed by atoms with van der Waals surface area (Å²) in [5.74, 6) is -0.145. The number of hydrogen-bond donors (Lipinski definition) is 1. The lowest BCUT2D eigenvalue weighted by atomic mass is 9.99. The minimum Gasteiger partial charge on any atom is -0.495 e. The number of carbonyl (C=O) groups excluding carboxylic acids is 2. The molecular formula is C21H21ClN2O3. The Hall–Kier alpha value is -2.79. The molecular weight excluding hydrogens is 364 g/mol. The summed E-state index contributed by atoms with van der Waals surface area (Å²) in [7, 11) is 1.53. The highest BCUT2D eigenvalue weighted by Gasteiger charge is 2.38. The Morgan fingerprint density at radius 3 is 2.41 bits per heavy atom. The average Bonchev–Trinajstić information content (AvgIpc) is 2.87. The van der Waals surface area contributed by atoms with E-state index in [1.54, 1.807) is 25.1 Å². The van der Waals surface area contributed by atoms with E-state index in [1.807, 2.05) is 32.0 Å². The van der Waals surface area contributed by atoms with Crippen molar-refractivity contribution in [3.05, 3.63) is 63.8 Å². The van der Waals surface area contributed by atoms with Crippen molar-refractivity contribution in [2.75, 3.05) is 19.0 Å². The number of carbonyl (C=O) groups is 2. The Kier molecular flexibility index (Phi) is 5.24. The molecule has 5 nitrogen and oxygen atoms in total. The second-order valence-electron chi connectivity index (χ2n) is 6.37. The van der Waals surface area contributed by atoms with Crippen molar-refractivity contribution < 1.29 is 14.3 Å². The second-order valence-corrected chi connectivity index (χ2v) is 6.81. The van der Waals surface area contributed by atoms with E-state index in [2.05, 4.69) is 5.32 Å².